The zero-order valence-electron chi connectivity index (χ0n) is 12.9. The Hall–Kier alpha value is -2.44. The lowest BCUT2D eigenvalue weighted by molar-refractivity contribution is 0.0923. The van der Waals surface area contributed by atoms with E-state index in [2.05, 4.69) is 25.3 Å². The summed E-state index contributed by atoms with van der Waals surface area (Å²) in [4.78, 5) is 23.1. The van der Waals surface area contributed by atoms with Gasteiger partial charge in [-0.1, -0.05) is 0 Å². The minimum atomic E-state index is -0.0864. The zero-order chi connectivity index (χ0) is 15.5. The zero-order valence-corrected chi connectivity index (χ0v) is 12.9. The molecule has 0 aromatic carbocycles. The van der Waals surface area contributed by atoms with Crippen LogP contribution in [0, 0.1) is 6.92 Å². The van der Waals surface area contributed by atoms with Gasteiger partial charge in [-0.25, -0.2) is 9.97 Å². The summed E-state index contributed by atoms with van der Waals surface area (Å²) in [6.45, 7) is 3.62. The average molecular weight is 300 g/mol. The summed E-state index contributed by atoms with van der Waals surface area (Å²) in [6.07, 6.45) is 7.24. The predicted molar refractivity (Wildman–Crippen MR) is 82.7 cm³/mol. The second kappa shape index (κ2) is 6.13. The van der Waals surface area contributed by atoms with Crippen LogP contribution >= 0.6 is 0 Å². The maximum atomic E-state index is 12.3. The van der Waals surface area contributed by atoms with Crippen LogP contribution in [0.3, 0.4) is 0 Å². The van der Waals surface area contributed by atoms with E-state index < -0.39 is 0 Å². The fourth-order valence-corrected chi connectivity index (χ4v) is 2.68. The van der Waals surface area contributed by atoms with Gasteiger partial charge in [0.2, 0.25) is 5.95 Å². The van der Waals surface area contributed by atoms with Crippen LogP contribution in [-0.2, 0) is 7.05 Å². The Morgan fingerprint density at radius 3 is 2.82 bits per heavy atom. The van der Waals surface area contributed by atoms with Crippen LogP contribution in [0.2, 0.25) is 0 Å². The molecule has 7 nitrogen and oxygen atoms in total. The second-order valence-electron chi connectivity index (χ2n) is 5.66. The third-order valence-corrected chi connectivity index (χ3v) is 3.86. The number of aromatic nitrogens is 4. The summed E-state index contributed by atoms with van der Waals surface area (Å²) in [5, 5.41) is 7.10. The first-order valence-corrected chi connectivity index (χ1v) is 7.46. The molecule has 1 aliphatic heterocycles. The molecule has 2 aromatic heterocycles. The second-order valence-corrected chi connectivity index (χ2v) is 5.66. The Kier molecular flexibility index (Phi) is 4.04. The lowest BCUT2D eigenvalue weighted by atomic mass is 10.1. The molecule has 0 bridgehead atoms. The van der Waals surface area contributed by atoms with Gasteiger partial charge in [0.1, 0.15) is 5.69 Å². The molecule has 1 atom stereocenters. The van der Waals surface area contributed by atoms with E-state index in [1.165, 1.54) is 0 Å². The van der Waals surface area contributed by atoms with Crippen molar-refractivity contribution in [1.82, 2.24) is 25.1 Å². The van der Waals surface area contributed by atoms with Gasteiger partial charge in [0, 0.05) is 44.8 Å². The molecule has 2 aromatic rings. The number of anilines is 1. The van der Waals surface area contributed by atoms with Crippen LogP contribution in [0.25, 0.3) is 0 Å². The highest BCUT2D eigenvalue weighted by Crippen LogP contribution is 2.16. The molecule has 3 rings (SSSR count). The summed E-state index contributed by atoms with van der Waals surface area (Å²) < 4.78 is 1.58. The smallest absolute Gasteiger partial charge is 0.269 e. The molecule has 22 heavy (non-hydrogen) atoms. The number of nitrogens with one attached hydrogen (secondary N) is 1. The van der Waals surface area contributed by atoms with Gasteiger partial charge in [0.05, 0.1) is 0 Å². The molecule has 0 saturated carbocycles. The third kappa shape index (κ3) is 3.08. The number of aryl methyl sites for hydroxylation is 2. The Bertz CT molecular complexity index is 650. The number of nitrogens with zero attached hydrogens (tertiary/aromatic N) is 5. The highest BCUT2D eigenvalue weighted by atomic mass is 16.2. The van der Waals surface area contributed by atoms with Crippen LogP contribution in [0.4, 0.5) is 5.95 Å². The topological polar surface area (TPSA) is 75.9 Å². The molecule has 0 spiro atoms. The average Bonchev–Trinajstić information content (AvgIpc) is 2.94. The number of piperidine rings is 1. The number of hydrogen-bond donors (Lipinski definition) is 1. The Morgan fingerprint density at radius 2 is 2.14 bits per heavy atom. The van der Waals surface area contributed by atoms with Gasteiger partial charge < -0.3 is 10.2 Å². The molecule has 3 heterocycles. The van der Waals surface area contributed by atoms with Gasteiger partial charge in [-0.15, -0.1) is 0 Å². The van der Waals surface area contributed by atoms with E-state index in [4.69, 9.17) is 0 Å². The minimum absolute atomic E-state index is 0.0864. The lowest BCUT2D eigenvalue weighted by Gasteiger charge is -2.33. The normalized spacial score (nSPS) is 18.3. The van der Waals surface area contributed by atoms with Crippen molar-refractivity contribution < 1.29 is 4.79 Å². The Morgan fingerprint density at radius 1 is 1.36 bits per heavy atom. The molecule has 1 fully saturated rings. The number of carbonyl (C=O) groups excluding carboxylic acids is 1. The van der Waals surface area contributed by atoms with Gasteiger partial charge >= 0.3 is 0 Å². The summed E-state index contributed by atoms with van der Waals surface area (Å²) in [6, 6.07) is 1.82. The molecular formula is C15H20N6O. The summed E-state index contributed by atoms with van der Waals surface area (Å²) >= 11 is 0. The SMILES string of the molecule is Cc1cnc(N2CCCC(NC(=O)c3ccnn3C)C2)nc1. The van der Waals surface area contributed by atoms with Crippen molar-refractivity contribution in [3.63, 3.8) is 0 Å². The van der Waals surface area contributed by atoms with E-state index >= 15 is 0 Å². The first-order chi connectivity index (χ1) is 10.6. The van der Waals surface area contributed by atoms with E-state index in [9.17, 15) is 4.79 Å². The standard InChI is InChI=1S/C15H20N6O/c1-11-8-16-15(17-9-11)21-7-3-4-12(10-21)19-14(22)13-5-6-18-20(13)2/h5-6,8-9,12H,3-4,7,10H2,1-2H3,(H,19,22). The number of rotatable bonds is 3. The molecule has 0 radical (unpaired) electrons. The van der Waals surface area contributed by atoms with Crippen LogP contribution in [0.5, 0.6) is 0 Å². The first kappa shape index (κ1) is 14.5. The van der Waals surface area contributed by atoms with Crippen molar-refractivity contribution in [1.29, 1.82) is 0 Å². The van der Waals surface area contributed by atoms with Gasteiger partial charge in [-0.2, -0.15) is 5.10 Å². The van der Waals surface area contributed by atoms with E-state index in [0.29, 0.717) is 5.69 Å². The lowest BCUT2D eigenvalue weighted by Crippen LogP contribution is -2.48. The van der Waals surface area contributed by atoms with Crippen LogP contribution in [0.15, 0.2) is 24.7 Å². The minimum Gasteiger partial charge on any atom is -0.346 e. The van der Waals surface area contributed by atoms with Crippen molar-refractivity contribution in [2.75, 3.05) is 18.0 Å². The molecule has 0 aliphatic carbocycles. The fourth-order valence-electron chi connectivity index (χ4n) is 2.68. The summed E-state index contributed by atoms with van der Waals surface area (Å²) in [7, 11) is 1.77. The van der Waals surface area contributed by atoms with Crippen molar-refractivity contribution in [3.8, 4) is 0 Å². The van der Waals surface area contributed by atoms with Crippen molar-refractivity contribution in [3.05, 3.63) is 35.9 Å². The molecule has 1 amide bonds. The van der Waals surface area contributed by atoms with E-state index in [0.717, 1.165) is 37.4 Å². The molecule has 1 aliphatic rings. The maximum Gasteiger partial charge on any atom is 0.269 e. The van der Waals surface area contributed by atoms with Crippen LogP contribution in [-0.4, -0.2) is 44.8 Å². The fraction of sp³-hybridized carbons (Fsp3) is 0.467. The monoisotopic (exact) mass is 300 g/mol. The Labute approximate surface area is 129 Å². The van der Waals surface area contributed by atoms with Gasteiger partial charge in [-0.05, 0) is 31.4 Å². The van der Waals surface area contributed by atoms with Crippen molar-refractivity contribution in [2.24, 2.45) is 7.05 Å². The quantitative estimate of drug-likeness (QED) is 0.912. The van der Waals surface area contributed by atoms with Crippen molar-refractivity contribution in [2.45, 2.75) is 25.8 Å². The number of hydrogen-bond acceptors (Lipinski definition) is 5. The van der Waals surface area contributed by atoms with E-state index in [-0.39, 0.29) is 11.9 Å². The maximum absolute atomic E-state index is 12.3. The highest BCUT2D eigenvalue weighted by molar-refractivity contribution is 5.92. The molecule has 7 heteroatoms. The summed E-state index contributed by atoms with van der Waals surface area (Å²) in [5.74, 6) is 0.641. The largest absolute Gasteiger partial charge is 0.346 e. The Balaban J connectivity index is 1.64. The van der Waals surface area contributed by atoms with Crippen molar-refractivity contribution >= 4 is 11.9 Å². The molecule has 1 saturated heterocycles. The molecule has 1 N–H and O–H groups in total. The molecular weight excluding hydrogens is 280 g/mol. The van der Waals surface area contributed by atoms with E-state index in [1.807, 2.05) is 19.3 Å². The predicted octanol–water partition coefficient (Wildman–Crippen LogP) is 0.917. The first-order valence-electron chi connectivity index (χ1n) is 7.46. The van der Waals surface area contributed by atoms with Gasteiger partial charge in [-0.3, -0.25) is 9.48 Å². The van der Waals surface area contributed by atoms with Crippen LogP contribution in [0.1, 0.15) is 28.9 Å². The number of carbonyl (C=O) groups is 1. The highest BCUT2D eigenvalue weighted by Gasteiger charge is 2.24. The van der Waals surface area contributed by atoms with Crippen LogP contribution < -0.4 is 10.2 Å². The van der Waals surface area contributed by atoms with Gasteiger partial charge in [0.25, 0.3) is 5.91 Å². The third-order valence-electron chi connectivity index (χ3n) is 3.86. The van der Waals surface area contributed by atoms with E-state index in [1.54, 1.807) is 24.0 Å². The molecule has 116 valence electrons. The number of amides is 1. The molecule has 1 unspecified atom stereocenters. The summed E-state index contributed by atoms with van der Waals surface area (Å²) in [5.41, 5.74) is 1.62. The van der Waals surface area contributed by atoms with Gasteiger partial charge in [0.15, 0.2) is 0 Å².